The first-order valence-electron chi connectivity index (χ1n) is 10.8. The van der Waals surface area contributed by atoms with E-state index >= 15 is 0 Å². The molecule has 0 saturated carbocycles. The molecule has 0 radical (unpaired) electrons. The van der Waals surface area contributed by atoms with Gasteiger partial charge in [0.05, 0.1) is 11.9 Å². The van der Waals surface area contributed by atoms with Crippen LogP contribution < -0.4 is 9.62 Å². The molecule has 2 amide bonds. The fraction of sp³-hybridized carbons (Fsp3) is 0.417. The highest BCUT2D eigenvalue weighted by Gasteiger charge is 2.30. The Balaban J connectivity index is 2.37. The molecule has 9 heteroatoms. The van der Waals surface area contributed by atoms with Crippen LogP contribution >= 0.6 is 11.6 Å². The monoisotopic (exact) mass is 493 g/mol. The van der Waals surface area contributed by atoms with Crippen LogP contribution in [0.3, 0.4) is 0 Å². The Kier molecular flexibility index (Phi) is 9.31. The summed E-state index contributed by atoms with van der Waals surface area (Å²) in [6, 6.07) is 13.3. The average molecular weight is 494 g/mol. The first kappa shape index (κ1) is 26.7. The highest BCUT2D eigenvalue weighted by atomic mass is 35.5. The van der Waals surface area contributed by atoms with E-state index in [9.17, 15) is 18.0 Å². The maximum Gasteiger partial charge on any atom is 0.244 e. The second kappa shape index (κ2) is 11.5. The molecule has 0 saturated heterocycles. The number of hydrogen-bond donors (Lipinski definition) is 1. The number of nitrogens with one attached hydrogen (secondary N) is 1. The standard InChI is InChI=1S/C24H32ClN3O4S/c1-6-26-24(30)18(4)27(15-19-8-7-9-21(25)14-19)23(29)16-28(33(5,31)32)22-12-10-20(11-13-22)17(2)3/h7-14,17-18H,6,15-16H2,1-5H3,(H,26,30). The van der Waals surface area contributed by atoms with Gasteiger partial charge in [0.15, 0.2) is 0 Å². The van der Waals surface area contributed by atoms with Crippen LogP contribution in [-0.2, 0) is 26.2 Å². The van der Waals surface area contributed by atoms with Crippen molar-refractivity contribution in [2.24, 2.45) is 0 Å². The van der Waals surface area contributed by atoms with E-state index in [1.807, 2.05) is 26.0 Å². The van der Waals surface area contributed by atoms with Gasteiger partial charge in [0.1, 0.15) is 12.6 Å². The molecule has 0 aromatic heterocycles. The lowest BCUT2D eigenvalue weighted by Gasteiger charge is -2.31. The van der Waals surface area contributed by atoms with E-state index in [2.05, 4.69) is 5.32 Å². The molecule has 33 heavy (non-hydrogen) atoms. The van der Waals surface area contributed by atoms with Gasteiger partial charge in [-0.2, -0.15) is 0 Å². The lowest BCUT2D eigenvalue weighted by atomic mass is 10.0. The summed E-state index contributed by atoms with van der Waals surface area (Å²) in [4.78, 5) is 27.3. The molecule has 1 N–H and O–H groups in total. The van der Waals surface area contributed by atoms with Crippen molar-refractivity contribution in [2.45, 2.75) is 46.2 Å². The number of hydrogen-bond acceptors (Lipinski definition) is 4. The first-order chi connectivity index (χ1) is 15.4. The van der Waals surface area contributed by atoms with Gasteiger partial charge in [0, 0.05) is 18.1 Å². The first-order valence-corrected chi connectivity index (χ1v) is 13.1. The van der Waals surface area contributed by atoms with Crippen LogP contribution in [-0.4, -0.2) is 50.5 Å². The Morgan fingerprint density at radius 2 is 1.70 bits per heavy atom. The van der Waals surface area contributed by atoms with Gasteiger partial charge in [-0.25, -0.2) is 8.42 Å². The van der Waals surface area contributed by atoms with Crippen molar-refractivity contribution >= 4 is 39.1 Å². The van der Waals surface area contributed by atoms with Crippen molar-refractivity contribution in [3.8, 4) is 0 Å². The topological polar surface area (TPSA) is 86.8 Å². The molecule has 2 aromatic rings. The third kappa shape index (κ3) is 7.47. The summed E-state index contributed by atoms with van der Waals surface area (Å²) in [7, 11) is -3.75. The van der Waals surface area contributed by atoms with Crippen molar-refractivity contribution in [2.75, 3.05) is 23.7 Å². The maximum atomic E-state index is 13.4. The second-order valence-electron chi connectivity index (χ2n) is 8.24. The predicted octanol–water partition coefficient (Wildman–Crippen LogP) is 3.78. The fourth-order valence-electron chi connectivity index (χ4n) is 3.38. The number of anilines is 1. The lowest BCUT2D eigenvalue weighted by Crippen LogP contribution is -2.51. The molecule has 0 spiro atoms. The van der Waals surface area contributed by atoms with Gasteiger partial charge in [-0.3, -0.25) is 13.9 Å². The van der Waals surface area contributed by atoms with Crippen molar-refractivity contribution in [1.29, 1.82) is 0 Å². The summed E-state index contributed by atoms with van der Waals surface area (Å²) in [5.74, 6) is -0.523. The number of sulfonamides is 1. The minimum atomic E-state index is -3.75. The molecule has 2 rings (SSSR count). The number of carbonyl (C=O) groups is 2. The predicted molar refractivity (Wildman–Crippen MR) is 133 cm³/mol. The van der Waals surface area contributed by atoms with Gasteiger partial charge < -0.3 is 10.2 Å². The Morgan fingerprint density at radius 1 is 1.06 bits per heavy atom. The van der Waals surface area contributed by atoms with E-state index < -0.39 is 28.5 Å². The molecule has 1 unspecified atom stereocenters. The average Bonchev–Trinajstić information content (AvgIpc) is 2.74. The van der Waals surface area contributed by atoms with Gasteiger partial charge >= 0.3 is 0 Å². The molecule has 0 fully saturated rings. The van der Waals surface area contributed by atoms with Gasteiger partial charge in [-0.1, -0.05) is 49.7 Å². The van der Waals surface area contributed by atoms with Crippen LogP contribution in [0.4, 0.5) is 5.69 Å². The molecular formula is C24H32ClN3O4S. The number of rotatable bonds is 10. The van der Waals surface area contributed by atoms with Crippen molar-refractivity contribution < 1.29 is 18.0 Å². The maximum absolute atomic E-state index is 13.4. The van der Waals surface area contributed by atoms with Gasteiger partial charge in [0.25, 0.3) is 0 Å². The van der Waals surface area contributed by atoms with Gasteiger partial charge in [-0.05, 0) is 55.2 Å². The Labute approximate surface area is 201 Å². The molecule has 0 aliphatic heterocycles. The normalized spacial score (nSPS) is 12.3. The quantitative estimate of drug-likeness (QED) is 0.545. The highest BCUT2D eigenvalue weighted by molar-refractivity contribution is 7.92. The van der Waals surface area contributed by atoms with Crippen LogP contribution in [0.5, 0.6) is 0 Å². The number of nitrogens with zero attached hydrogens (tertiary/aromatic N) is 2. The smallest absolute Gasteiger partial charge is 0.244 e. The third-order valence-electron chi connectivity index (χ3n) is 5.29. The lowest BCUT2D eigenvalue weighted by molar-refractivity contribution is -0.139. The summed E-state index contributed by atoms with van der Waals surface area (Å²) in [6.07, 6.45) is 1.06. The molecule has 0 bridgehead atoms. The molecule has 2 aromatic carbocycles. The summed E-state index contributed by atoms with van der Waals surface area (Å²) in [5, 5.41) is 3.23. The molecule has 0 aliphatic carbocycles. The van der Waals surface area contributed by atoms with Crippen LogP contribution in [0.2, 0.25) is 5.02 Å². The minimum Gasteiger partial charge on any atom is -0.355 e. The van der Waals surface area contributed by atoms with Crippen molar-refractivity contribution in [1.82, 2.24) is 10.2 Å². The molecule has 180 valence electrons. The van der Waals surface area contributed by atoms with Crippen LogP contribution in [0.1, 0.15) is 44.7 Å². The van der Waals surface area contributed by atoms with E-state index in [4.69, 9.17) is 11.6 Å². The largest absolute Gasteiger partial charge is 0.355 e. The summed E-state index contributed by atoms with van der Waals surface area (Å²) in [5.41, 5.74) is 2.19. The van der Waals surface area contributed by atoms with E-state index in [1.165, 1.54) is 4.90 Å². The van der Waals surface area contributed by atoms with E-state index in [-0.39, 0.29) is 12.5 Å². The molecule has 7 nitrogen and oxygen atoms in total. The minimum absolute atomic E-state index is 0.113. The Bertz CT molecular complexity index is 1070. The summed E-state index contributed by atoms with van der Waals surface area (Å²) in [6.45, 7) is 7.61. The van der Waals surface area contributed by atoms with Crippen molar-refractivity contribution in [3.63, 3.8) is 0 Å². The number of likely N-dealkylation sites (N-methyl/N-ethyl adjacent to an activating group) is 1. The third-order valence-corrected chi connectivity index (χ3v) is 6.66. The van der Waals surface area contributed by atoms with Crippen LogP contribution in [0.15, 0.2) is 48.5 Å². The zero-order valence-electron chi connectivity index (χ0n) is 19.7. The number of benzene rings is 2. The van der Waals surface area contributed by atoms with Crippen molar-refractivity contribution in [3.05, 3.63) is 64.7 Å². The number of carbonyl (C=O) groups excluding carboxylic acids is 2. The molecule has 0 aliphatic rings. The van der Waals surface area contributed by atoms with E-state index in [1.54, 1.807) is 50.2 Å². The highest BCUT2D eigenvalue weighted by Crippen LogP contribution is 2.23. The zero-order chi connectivity index (χ0) is 24.8. The zero-order valence-corrected chi connectivity index (χ0v) is 21.3. The Hall–Kier alpha value is -2.58. The van der Waals surface area contributed by atoms with E-state index in [0.717, 1.165) is 21.7 Å². The Morgan fingerprint density at radius 3 is 2.21 bits per heavy atom. The fourth-order valence-corrected chi connectivity index (χ4v) is 4.44. The molecule has 1 atom stereocenters. The van der Waals surface area contributed by atoms with Gasteiger partial charge in [-0.15, -0.1) is 0 Å². The summed E-state index contributed by atoms with van der Waals surface area (Å²) < 4.78 is 26.2. The molecular weight excluding hydrogens is 462 g/mol. The number of halogens is 1. The van der Waals surface area contributed by atoms with Crippen LogP contribution in [0.25, 0.3) is 0 Å². The molecule has 0 heterocycles. The summed E-state index contributed by atoms with van der Waals surface area (Å²) >= 11 is 6.09. The van der Waals surface area contributed by atoms with Gasteiger partial charge in [0.2, 0.25) is 21.8 Å². The number of amides is 2. The van der Waals surface area contributed by atoms with E-state index in [0.29, 0.717) is 23.2 Å². The second-order valence-corrected chi connectivity index (χ2v) is 10.6. The van der Waals surface area contributed by atoms with Crippen LogP contribution in [0, 0.1) is 0 Å². The SMILES string of the molecule is CCNC(=O)C(C)N(Cc1cccc(Cl)c1)C(=O)CN(c1ccc(C(C)C)cc1)S(C)(=O)=O.